The highest BCUT2D eigenvalue weighted by Gasteiger charge is 2.15. The van der Waals surface area contributed by atoms with Crippen molar-refractivity contribution in [2.24, 2.45) is 0 Å². The fourth-order valence-corrected chi connectivity index (χ4v) is 2.41. The van der Waals surface area contributed by atoms with Crippen molar-refractivity contribution < 1.29 is 9.90 Å². The zero-order valence-electron chi connectivity index (χ0n) is 9.59. The summed E-state index contributed by atoms with van der Waals surface area (Å²) in [5, 5.41) is 14.0. The molecule has 0 amide bonds. The van der Waals surface area contributed by atoms with E-state index in [1.54, 1.807) is 11.3 Å². The molecule has 17 heavy (non-hydrogen) atoms. The first kappa shape index (κ1) is 12.1. The number of hydrogen-bond acceptors (Lipinski definition) is 4. The van der Waals surface area contributed by atoms with Gasteiger partial charge in [-0.3, -0.25) is 14.5 Å². The van der Waals surface area contributed by atoms with E-state index in [1.165, 1.54) is 0 Å². The second kappa shape index (κ2) is 5.29. The average Bonchev–Trinajstić information content (AvgIpc) is 2.83. The molecule has 0 aromatic carbocycles. The SMILES string of the molecule is CCCC(NCc1cn2ccsc2n1)C(=O)O. The Labute approximate surface area is 103 Å². The van der Waals surface area contributed by atoms with Crippen molar-refractivity contribution in [1.82, 2.24) is 14.7 Å². The third kappa shape index (κ3) is 2.83. The summed E-state index contributed by atoms with van der Waals surface area (Å²) in [6.07, 6.45) is 5.35. The summed E-state index contributed by atoms with van der Waals surface area (Å²) in [6.45, 7) is 2.47. The molecule has 0 aliphatic rings. The predicted molar refractivity (Wildman–Crippen MR) is 66.2 cm³/mol. The van der Waals surface area contributed by atoms with Gasteiger partial charge in [0.2, 0.25) is 0 Å². The number of rotatable bonds is 6. The van der Waals surface area contributed by atoms with Gasteiger partial charge >= 0.3 is 5.97 Å². The Morgan fingerprint density at radius 1 is 1.71 bits per heavy atom. The Kier molecular flexibility index (Phi) is 3.75. The fraction of sp³-hybridized carbons (Fsp3) is 0.455. The Bertz CT molecular complexity index is 477. The smallest absolute Gasteiger partial charge is 0.320 e. The van der Waals surface area contributed by atoms with Gasteiger partial charge in [0.15, 0.2) is 4.96 Å². The highest BCUT2D eigenvalue weighted by Crippen LogP contribution is 2.11. The molecule has 2 aromatic heterocycles. The van der Waals surface area contributed by atoms with Crippen LogP contribution in [-0.2, 0) is 11.3 Å². The minimum atomic E-state index is -0.798. The fourth-order valence-electron chi connectivity index (χ4n) is 1.69. The van der Waals surface area contributed by atoms with Gasteiger partial charge in [-0.05, 0) is 6.42 Å². The number of imidazole rings is 1. The third-order valence-electron chi connectivity index (χ3n) is 2.55. The van der Waals surface area contributed by atoms with Gasteiger partial charge in [-0.15, -0.1) is 11.3 Å². The molecular formula is C11H15N3O2S. The van der Waals surface area contributed by atoms with Gasteiger partial charge in [0.1, 0.15) is 6.04 Å². The minimum absolute atomic E-state index is 0.486. The predicted octanol–water partition coefficient (Wildman–Crippen LogP) is 1.74. The van der Waals surface area contributed by atoms with E-state index in [9.17, 15) is 4.79 Å². The van der Waals surface area contributed by atoms with Gasteiger partial charge in [-0.25, -0.2) is 4.98 Å². The second-order valence-corrected chi connectivity index (χ2v) is 4.76. The summed E-state index contributed by atoms with van der Waals surface area (Å²) < 4.78 is 1.94. The lowest BCUT2D eigenvalue weighted by molar-refractivity contribution is -0.139. The molecule has 0 saturated carbocycles. The lowest BCUT2D eigenvalue weighted by Crippen LogP contribution is -2.36. The normalized spacial score (nSPS) is 13.0. The molecule has 0 fully saturated rings. The van der Waals surface area contributed by atoms with Crippen LogP contribution in [0.15, 0.2) is 17.8 Å². The number of carboxylic acids is 1. The van der Waals surface area contributed by atoms with Crippen LogP contribution < -0.4 is 5.32 Å². The van der Waals surface area contributed by atoms with Crippen LogP contribution in [-0.4, -0.2) is 26.5 Å². The number of aliphatic carboxylic acids is 1. The van der Waals surface area contributed by atoms with Crippen LogP contribution >= 0.6 is 11.3 Å². The molecular weight excluding hydrogens is 238 g/mol. The van der Waals surface area contributed by atoms with Crippen LogP contribution in [0.2, 0.25) is 0 Å². The molecule has 2 N–H and O–H groups in total. The maximum Gasteiger partial charge on any atom is 0.320 e. The number of fused-ring (bicyclic) bond motifs is 1. The van der Waals surface area contributed by atoms with E-state index >= 15 is 0 Å². The molecule has 0 aliphatic heterocycles. The molecule has 0 saturated heterocycles. The number of hydrogen-bond donors (Lipinski definition) is 2. The van der Waals surface area contributed by atoms with E-state index in [-0.39, 0.29) is 0 Å². The first-order valence-corrected chi connectivity index (χ1v) is 6.46. The lowest BCUT2D eigenvalue weighted by atomic mass is 10.1. The highest BCUT2D eigenvalue weighted by molar-refractivity contribution is 7.15. The second-order valence-electron chi connectivity index (χ2n) is 3.89. The topological polar surface area (TPSA) is 66.6 Å². The van der Waals surface area contributed by atoms with Crippen LogP contribution in [0.4, 0.5) is 0 Å². The number of carbonyl (C=O) groups is 1. The van der Waals surface area contributed by atoms with Crippen LogP contribution in [0.1, 0.15) is 25.5 Å². The molecule has 2 heterocycles. The first-order chi connectivity index (χ1) is 8.20. The van der Waals surface area contributed by atoms with Crippen molar-refractivity contribution in [1.29, 1.82) is 0 Å². The van der Waals surface area contributed by atoms with Gasteiger partial charge in [0.25, 0.3) is 0 Å². The molecule has 1 atom stereocenters. The molecule has 2 rings (SSSR count). The summed E-state index contributed by atoms with van der Waals surface area (Å²) in [5.74, 6) is -0.798. The van der Waals surface area contributed by atoms with Crippen LogP contribution in [0.3, 0.4) is 0 Å². The van der Waals surface area contributed by atoms with Gasteiger partial charge in [-0.2, -0.15) is 0 Å². The van der Waals surface area contributed by atoms with Crippen molar-refractivity contribution in [3.8, 4) is 0 Å². The van der Waals surface area contributed by atoms with Gasteiger partial charge < -0.3 is 5.11 Å². The van der Waals surface area contributed by atoms with Crippen molar-refractivity contribution in [2.45, 2.75) is 32.4 Å². The van der Waals surface area contributed by atoms with E-state index in [2.05, 4.69) is 10.3 Å². The Morgan fingerprint density at radius 3 is 3.18 bits per heavy atom. The summed E-state index contributed by atoms with van der Waals surface area (Å²) in [6, 6.07) is -0.486. The molecule has 1 unspecified atom stereocenters. The summed E-state index contributed by atoms with van der Waals surface area (Å²) >= 11 is 1.57. The number of nitrogens with zero attached hydrogens (tertiary/aromatic N) is 2. The molecule has 0 radical (unpaired) electrons. The molecule has 6 heteroatoms. The zero-order valence-corrected chi connectivity index (χ0v) is 10.4. The van der Waals surface area contributed by atoms with Gasteiger partial charge in [-0.1, -0.05) is 13.3 Å². The maximum absolute atomic E-state index is 10.9. The summed E-state index contributed by atoms with van der Waals surface area (Å²) in [7, 11) is 0. The van der Waals surface area contributed by atoms with Crippen LogP contribution in [0.25, 0.3) is 4.96 Å². The van der Waals surface area contributed by atoms with Gasteiger partial charge in [0, 0.05) is 24.3 Å². The first-order valence-electron chi connectivity index (χ1n) is 5.58. The number of carboxylic acid groups (broad SMARTS) is 1. The van der Waals surface area contributed by atoms with Crippen LogP contribution in [0, 0.1) is 0 Å². The lowest BCUT2D eigenvalue weighted by Gasteiger charge is -2.11. The molecule has 5 nitrogen and oxygen atoms in total. The van der Waals surface area contributed by atoms with E-state index in [1.807, 2.05) is 29.1 Å². The minimum Gasteiger partial charge on any atom is -0.480 e. The van der Waals surface area contributed by atoms with Crippen molar-refractivity contribution >= 4 is 22.3 Å². The number of aromatic nitrogens is 2. The van der Waals surface area contributed by atoms with Crippen LogP contribution in [0.5, 0.6) is 0 Å². The Morgan fingerprint density at radius 2 is 2.53 bits per heavy atom. The molecule has 0 spiro atoms. The van der Waals surface area contributed by atoms with E-state index in [0.29, 0.717) is 13.0 Å². The quantitative estimate of drug-likeness (QED) is 0.823. The third-order valence-corrected chi connectivity index (χ3v) is 3.32. The largest absolute Gasteiger partial charge is 0.480 e. The average molecular weight is 253 g/mol. The Hall–Kier alpha value is -1.40. The standard InChI is InChI=1S/C11H15N3O2S/c1-2-3-9(10(15)16)12-6-8-7-14-4-5-17-11(14)13-8/h4-5,7,9,12H,2-3,6H2,1H3,(H,15,16). The monoisotopic (exact) mass is 253 g/mol. The maximum atomic E-state index is 10.9. The highest BCUT2D eigenvalue weighted by atomic mass is 32.1. The summed E-state index contributed by atoms with van der Waals surface area (Å²) in [4.78, 5) is 16.3. The van der Waals surface area contributed by atoms with Crippen molar-refractivity contribution in [3.05, 3.63) is 23.5 Å². The number of nitrogens with one attached hydrogen (secondary N) is 1. The van der Waals surface area contributed by atoms with E-state index in [4.69, 9.17) is 5.11 Å². The zero-order chi connectivity index (χ0) is 12.3. The molecule has 0 bridgehead atoms. The van der Waals surface area contributed by atoms with Crippen molar-refractivity contribution in [3.63, 3.8) is 0 Å². The molecule has 0 aliphatic carbocycles. The summed E-state index contributed by atoms with van der Waals surface area (Å²) in [5.41, 5.74) is 0.874. The van der Waals surface area contributed by atoms with E-state index in [0.717, 1.165) is 17.1 Å². The number of thiazole rings is 1. The van der Waals surface area contributed by atoms with E-state index < -0.39 is 12.0 Å². The molecule has 2 aromatic rings. The Balaban J connectivity index is 1.96. The van der Waals surface area contributed by atoms with Crippen molar-refractivity contribution in [2.75, 3.05) is 0 Å². The molecule has 92 valence electrons. The van der Waals surface area contributed by atoms with Gasteiger partial charge in [0.05, 0.1) is 5.69 Å².